The molecule has 3 nitrogen and oxygen atoms in total. The van der Waals surface area contributed by atoms with Crippen LogP contribution in [0.5, 0.6) is 0 Å². The molecule has 3 heteroatoms. The standard InChI is InChI=1S/C17H36N2O/c1-5-6-9-19-13-15(12-17(2,3)4)11-16(14-19)18-8-7-10-20/h15-16,18,20H,5-14H2,1-4H3. The Morgan fingerprint density at radius 3 is 2.55 bits per heavy atom. The Morgan fingerprint density at radius 1 is 1.20 bits per heavy atom. The minimum Gasteiger partial charge on any atom is -0.396 e. The Hall–Kier alpha value is -0.120. The Balaban J connectivity index is 2.48. The Labute approximate surface area is 126 Å². The molecular formula is C17H36N2O. The fourth-order valence-electron chi connectivity index (χ4n) is 3.41. The van der Waals surface area contributed by atoms with Gasteiger partial charge in [-0.2, -0.15) is 0 Å². The van der Waals surface area contributed by atoms with Gasteiger partial charge < -0.3 is 15.3 Å². The topological polar surface area (TPSA) is 35.5 Å². The summed E-state index contributed by atoms with van der Waals surface area (Å²) in [5.74, 6) is 0.812. The molecule has 1 fully saturated rings. The zero-order valence-corrected chi connectivity index (χ0v) is 14.1. The summed E-state index contributed by atoms with van der Waals surface area (Å²) in [5, 5.41) is 12.6. The van der Waals surface area contributed by atoms with Gasteiger partial charge in [-0.05, 0) is 50.1 Å². The maximum Gasteiger partial charge on any atom is 0.0443 e. The molecule has 120 valence electrons. The predicted octanol–water partition coefficient (Wildman–Crippen LogP) is 2.89. The number of likely N-dealkylation sites (tertiary alicyclic amines) is 1. The second-order valence-corrected chi connectivity index (χ2v) is 7.71. The van der Waals surface area contributed by atoms with Crippen LogP contribution in [0.4, 0.5) is 0 Å². The summed E-state index contributed by atoms with van der Waals surface area (Å²) in [6, 6.07) is 0.611. The molecule has 1 heterocycles. The molecule has 0 spiro atoms. The Bertz CT molecular complexity index is 250. The second kappa shape index (κ2) is 9.01. The Kier molecular flexibility index (Phi) is 8.08. The third-order valence-corrected chi connectivity index (χ3v) is 4.11. The molecule has 1 saturated heterocycles. The quantitative estimate of drug-likeness (QED) is 0.673. The van der Waals surface area contributed by atoms with Gasteiger partial charge in [0.25, 0.3) is 0 Å². The number of rotatable bonds is 8. The molecule has 0 bridgehead atoms. The lowest BCUT2D eigenvalue weighted by Gasteiger charge is -2.40. The van der Waals surface area contributed by atoms with Gasteiger partial charge in [-0.15, -0.1) is 0 Å². The van der Waals surface area contributed by atoms with Crippen LogP contribution in [0.1, 0.15) is 59.8 Å². The van der Waals surface area contributed by atoms with Gasteiger partial charge in [0, 0.05) is 25.7 Å². The van der Waals surface area contributed by atoms with Crippen molar-refractivity contribution >= 4 is 0 Å². The van der Waals surface area contributed by atoms with E-state index in [9.17, 15) is 0 Å². The van der Waals surface area contributed by atoms with E-state index in [1.54, 1.807) is 0 Å². The van der Waals surface area contributed by atoms with Crippen LogP contribution in [0.15, 0.2) is 0 Å². The number of unbranched alkanes of at least 4 members (excludes halogenated alkanes) is 1. The summed E-state index contributed by atoms with van der Waals surface area (Å²) in [4.78, 5) is 2.65. The molecule has 2 unspecified atom stereocenters. The zero-order valence-electron chi connectivity index (χ0n) is 14.1. The highest BCUT2D eigenvalue weighted by Gasteiger charge is 2.29. The maximum atomic E-state index is 8.92. The summed E-state index contributed by atoms with van der Waals surface area (Å²) >= 11 is 0. The lowest BCUT2D eigenvalue weighted by atomic mass is 9.80. The average molecular weight is 284 g/mol. The molecule has 0 aliphatic carbocycles. The van der Waals surface area contributed by atoms with Crippen LogP contribution in [-0.2, 0) is 0 Å². The first kappa shape index (κ1) is 17.9. The summed E-state index contributed by atoms with van der Waals surface area (Å²) in [6.07, 6.45) is 6.07. The fourth-order valence-corrected chi connectivity index (χ4v) is 3.41. The van der Waals surface area contributed by atoms with Crippen molar-refractivity contribution in [3.05, 3.63) is 0 Å². The minimum atomic E-state index is 0.296. The monoisotopic (exact) mass is 284 g/mol. The molecule has 1 rings (SSSR count). The first-order valence-corrected chi connectivity index (χ1v) is 8.51. The molecule has 1 aliphatic heterocycles. The van der Waals surface area contributed by atoms with Crippen LogP contribution in [-0.4, -0.2) is 48.8 Å². The molecule has 0 aromatic rings. The third-order valence-electron chi connectivity index (χ3n) is 4.11. The van der Waals surface area contributed by atoms with E-state index >= 15 is 0 Å². The van der Waals surface area contributed by atoms with Crippen molar-refractivity contribution in [3.63, 3.8) is 0 Å². The summed E-state index contributed by atoms with van der Waals surface area (Å²) in [7, 11) is 0. The number of nitrogens with one attached hydrogen (secondary N) is 1. The average Bonchev–Trinajstić information content (AvgIpc) is 2.34. The van der Waals surface area contributed by atoms with E-state index in [0.717, 1.165) is 18.9 Å². The molecule has 2 atom stereocenters. The minimum absolute atomic E-state index is 0.296. The van der Waals surface area contributed by atoms with E-state index in [-0.39, 0.29) is 0 Å². The van der Waals surface area contributed by atoms with E-state index in [1.807, 2.05) is 0 Å². The molecule has 1 aliphatic rings. The zero-order chi connectivity index (χ0) is 15.0. The first-order chi connectivity index (χ1) is 9.44. The first-order valence-electron chi connectivity index (χ1n) is 8.51. The third kappa shape index (κ3) is 7.61. The summed E-state index contributed by atoms with van der Waals surface area (Å²) in [5.41, 5.74) is 0.425. The van der Waals surface area contributed by atoms with Gasteiger partial charge in [-0.1, -0.05) is 34.1 Å². The molecule has 2 N–H and O–H groups in total. The molecule has 0 saturated carbocycles. The number of nitrogens with zero attached hydrogens (tertiary/aromatic N) is 1. The number of hydrogen-bond acceptors (Lipinski definition) is 3. The van der Waals surface area contributed by atoms with Crippen LogP contribution in [0.3, 0.4) is 0 Å². The maximum absolute atomic E-state index is 8.92. The molecule has 0 radical (unpaired) electrons. The Morgan fingerprint density at radius 2 is 1.95 bits per heavy atom. The van der Waals surface area contributed by atoms with Crippen LogP contribution in [0.25, 0.3) is 0 Å². The van der Waals surface area contributed by atoms with Crippen molar-refractivity contribution in [1.29, 1.82) is 0 Å². The van der Waals surface area contributed by atoms with Crippen molar-refractivity contribution < 1.29 is 5.11 Å². The van der Waals surface area contributed by atoms with Crippen molar-refractivity contribution in [2.75, 3.05) is 32.8 Å². The lowest BCUT2D eigenvalue weighted by molar-refractivity contribution is 0.112. The molecular weight excluding hydrogens is 248 g/mol. The molecule has 20 heavy (non-hydrogen) atoms. The van der Waals surface area contributed by atoms with E-state index in [4.69, 9.17) is 5.11 Å². The van der Waals surface area contributed by atoms with Crippen LogP contribution in [0.2, 0.25) is 0 Å². The van der Waals surface area contributed by atoms with E-state index in [1.165, 1.54) is 45.3 Å². The van der Waals surface area contributed by atoms with Gasteiger partial charge in [0.2, 0.25) is 0 Å². The molecule has 0 aromatic heterocycles. The van der Waals surface area contributed by atoms with Crippen molar-refractivity contribution in [3.8, 4) is 0 Å². The number of hydrogen-bond donors (Lipinski definition) is 2. The van der Waals surface area contributed by atoms with Crippen LogP contribution >= 0.6 is 0 Å². The van der Waals surface area contributed by atoms with E-state index in [0.29, 0.717) is 18.1 Å². The number of piperidine rings is 1. The van der Waals surface area contributed by atoms with Gasteiger partial charge in [0.05, 0.1) is 0 Å². The summed E-state index contributed by atoms with van der Waals surface area (Å²) < 4.78 is 0. The van der Waals surface area contributed by atoms with Crippen LogP contribution < -0.4 is 5.32 Å². The number of aliphatic hydroxyl groups excluding tert-OH is 1. The van der Waals surface area contributed by atoms with Gasteiger partial charge in [-0.25, -0.2) is 0 Å². The molecule has 0 amide bonds. The number of aliphatic hydroxyl groups is 1. The van der Waals surface area contributed by atoms with Crippen molar-refractivity contribution in [2.45, 2.75) is 65.8 Å². The largest absolute Gasteiger partial charge is 0.396 e. The highest BCUT2D eigenvalue weighted by Crippen LogP contribution is 2.30. The van der Waals surface area contributed by atoms with Gasteiger partial charge >= 0.3 is 0 Å². The smallest absolute Gasteiger partial charge is 0.0443 e. The van der Waals surface area contributed by atoms with Crippen molar-refractivity contribution in [2.24, 2.45) is 11.3 Å². The normalized spacial score (nSPS) is 25.1. The van der Waals surface area contributed by atoms with E-state index < -0.39 is 0 Å². The summed E-state index contributed by atoms with van der Waals surface area (Å²) in [6.45, 7) is 14.3. The van der Waals surface area contributed by atoms with Gasteiger partial charge in [0.1, 0.15) is 0 Å². The fraction of sp³-hybridized carbons (Fsp3) is 1.00. The van der Waals surface area contributed by atoms with Gasteiger partial charge in [-0.3, -0.25) is 0 Å². The predicted molar refractivity (Wildman–Crippen MR) is 87.0 cm³/mol. The highest BCUT2D eigenvalue weighted by molar-refractivity contribution is 4.85. The SMILES string of the molecule is CCCCN1CC(CC(C)(C)C)CC(NCCCO)C1. The van der Waals surface area contributed by atoms with Crippen molar-refractivity contribution in [1.82, 2.24) is 10.2 Å². The second-order valence-electron chi connectivity index (χ2n) is 7.71. The van der Waals surface area contributed by atoms with E-state index in [2.05, 4.69) is 37.9 Å². The molecule has 0 aromatic carbocycles. The van der Waals surface area contributed by atoms with Crippen LogP contribution in [0, 0.1) is 11.3 Å². The lowest BCUT2D eigenvalue weighted by Crippen LogP contribution is -2.50. The van der Waals surface area contributed by atoms with Gasteiger partial charge in [0.15, 0.2) is 0 Å². The highest BCUT2D eigenvalue weighted by atomic mass is 16.3.